The minimum atomic E-state index is -0.111. The van der Waals surface area contributed by atoms with Crippen LogP contribution in [0.5, 0.6) is 5.75 Å². The molecule has 2 rings (SSSR count). The van der Waals surface area contributed by atoms with E-state index < -0.39 is 0 Å². The second-order valence-electron chi connectivity index (χ2n) is 5.03. The van der Waals surface area contributed by atoms with E-state index in [1.165, 1.54) is 0 Å². The average molecular weight is 248 g/mol. The number of hydrogen-bond acceptors (Lipinski definition) is 3. The first-order valence-electron chi connectivity index (χ1n) is 6.44. The lowest BCUT2D eigenvalue weighted by atomic mass is 9.91. The first-order valence-corrected chi connectivity index (χ1v) is 6.44. The van der Waals surface area contributed by atoms with Gasteiger partial charge in [-0.1, -0.05) is 12.8 Å². The van der Waals surface area contributed by atoms with Crippen LogP contribution in [0.3, 0.4) is 0 Å². The summed E-state index contributed by atoms with van der Waals surface area (Å²) in [6.45, 7) is 1.78. The topological polar surface area (TPSA) is 75.4 Å². The van der Waals surface area contributed by atoms with Gasteiger partial charge in [0.25, 0.3) is 5.91 Å². The highest BCUT2D eigenvalue weighted by molar-refractivity contribution is 5.94. The molecule has 2 atom stereocenters. The number of rotatable bonds is 2. The van der Waals surface area contributed by atoms with Crippen molar-refractivity contribution < 1.29 is 9.90 Å². The zero-order chi connectivity index (χ0) is 13.1. The highest BCUT2D eigenvalue weighted by Crippen LogP contribution is 2.19. The summed E-state index contributed by atoms with van der Waals surface area (Å²) in [5, 5.41) is 12.4. The molecule has 4 N–H and O–H groups in total. The highest BCUT2D eigenvalue weighted by atomic mass is 16.3. The molecule has 0 radical (unpaired) electrons. The third kappa shape index (κ3) is 2.82. The summed E-state index contributed by atoms with van der Waals surface area (Å²) in [5.74, 6) is 0.0985. The second kappa shape index (κ2) is 5.40. The lowest BCUT2D eigenvalue weighted by Crippen LogP contribution is -2.49. The van der Waals surface area contributed by atoms with E-state index in [0.29, 0.717) is 11.1 Å². The van der Waals surface area contributed by atoms with E-state index in [4.69, 9.17) is 5.73 Å². The van der Waals surface area contributed by atoms with Crippen molar-refractivity contribution in [2.24, 2.45) is 5.73 Å². The standard InChI is InChI=1S/C14H20N2O2/c1-9-8-10(6-7-13(9)17)14(18)16-12-5-3-2-4-11(12)15/h6-8,11-12,17H,2-5,15H2,1H3,(H,16,18). The molecular weight excluding hydrogens is 228 g/mol. The Morgan fingerprint density at radius 1 is 1.39 bits per heavy atom. The number of carbonyl (C=O) groups excluding carboxylic acids is 1. The van der Waals surface area contributed by atoms with E-state index in [0.717, 1.165) is 25.7 Å². The molecule has 4 nitrogen and oxygen atoms in total. The van der Waals surface area contributed by atoms with Gasteiger partial charge in [-0.25, -0.2) is 0 Å². The van der Waals surface area contributed by atoms with Gasteiger partial charge in [0.1, 0.15) is 5.75 Å². The number of hydrogen-bond donors (Lipinski definition) is 3. The number of nitrogens with one attached hydrogen (secondary N) is 1. The molecule has 4 heteroatoms. The first kappa shape index (κ1) is 12.9. The third-order valence-electron chi connectivity index (χ3n) is 3.59. The van der Waals surface area contributed by atoms with Crippen molar-refractivity contribution in [3.05, 3.63) is 29.3 Å². The van der Waals surface area contributed by atoms with Crippen LogP contribution >= 0.6 is 0 Å². The molecule has 1 amide bonds. The van der Waals surface area contributed by atoms with Gasteiger partial charge in [0.15, 0.2) is 0 Å². The van der Waals surface area contributed by atoms with Gasteiger partial charge in [-0.05, 0) is 43.5 Å². The monoisotopic (exact) mass is 248 g/mol. The Bertz CT molecular complexity index is 445. The normalized spacial score (nSPS) is 23.7. The van der Waals surface area contributed by atoms with Crippen molar-refractivity contribution in [1.29, 1.82) is 0 Å². The molecule has 1 saturated carbocycles. The molecule has 0 spiro atoms. The summed E-state index contributed by atoms with van der Waals surface area (Å²) in [6, 6.07) is 5.00. The molecule has 0 aromatic heterocycles. The van der Waals surface area contributed by atoms with Gasteiger partial charge >= 0.3 is 0 Å². The number of aromatic hydroxyl groups is 1. The first-order chi connectivity index (χ1) is 8.58. The number of benzene rings is 1. The summed E-state index contributed by atoms with van der Waals surface area (Å²) in [4.78, 5) is 12.1. The zero-order valence-electron chi connectivity index (χ0n) is 10.6. The number of phenols is 1. The van der Waals surface area contributed by atoms with Crippen molar-refractivity contribution in [3.8, 4) is 5.75 Å². The minimum absolute atomic E-state index is 0.0564. The molecule has 0 aliphatic heterocycles. The van der Waals surface area contributed by atoms with Crippen molar-refractivity contribution in [3.63, 3.8) is 0 Å². The van der Waals surface area contributed by atoms with Gasteiger partial charge in [-0.15, -0.1) is 0 Å². The fraction of sp³-hybridized carbons (Fsp3) is 0.500. The number of aryl methyl sites for hydroxylation is 1. The van der Waals surface area contributed by atoms with Crippen LogP contribution in [-0.4, -0.2) is 23.1 Å². The molecule has 1 fully saturated rings. The Morgan fingerprint density at radius 3 is 2.78 bits per heavy atom. The SMILES string of the molecule is Cc1cc(C(=O)NC2CCCCC2N)ccc1O. The predicted molar refractivity (Wildman–Crippen MR) is 70.5 cm³/mol. The third-order valence-corrected chi connectivity index (χ3v) is 3.59. The number of phenolic OH excluding ortho intramolecular Hbond substituents is 1. The maximum absolute atomic E-state index is 12.1. The van der Waals surface area contributed by atoms with E-state index in [1.807, 2.05) is 0 Å². The van der Waals surface area contributed by atoms with Gasteiger partial charge in [-0.2, -0.15) is 0 Å². The average Bonchev–Trinajstić information content (AvgIpc) is 2.35. The van der Waals surface area contributed by atoms with Crippen LogP contribution in [0.1, 0.15) is 41.6 Å². The Labute approximate surface area is 107 Å². The molecule has 18 heavy (non-hydrogen) atoms. The fourth-order valence-electron chi connectivity index (χ4n) is 2.39. The fourth-order valence-corrected chi connectivity index (χ4v) is 2.39. The van der Waals surface area contributed by atoms with Gasteiger partial charge in [-0.3, -0.25) is 4.79 Å². The predicted octanol–water partition coefficient (Wildman–Crippen LogP) is 1.70. The molecule has 2 unspecified atom stereocenters. The van der Waals surface area contributed by atoms with Crippen LogP contribution in [0, 0.1) is 6.92 Å². The Morgan fingerprint density at radius 2 is 2.11 bits per heavy atom. The lowest BCUT2D eigenvalue weighted by Gasteiger charge is -2.29. The quantitative estimate of drug-likeness (QED) is 0.745. The zero-order valence-corrected chi connectivity index (χ0v) is 10.6. The molecule has 0 heterocycles. The van der Waals surface area contributed by atoms with Crippen LogP contribution in [0.25, 0.3) is 0 Å². The van der Waals surface area contributed by atoms with E-state index in [2.05, 4.69) is 5.32 Å². The van der Waals surface area contributed by atoms with Crippen molar-refractivity contribution in [1.82, 2.24) is 5.32 Å². The summed E-state index contributed by atoms with van der Waals surface area (Å²) >= 11 is 0. The van der Waals surface area contributed by atoms with Crippen LogP contribution in [0.2, 0.25) is 0 Å². The van der Waals surface area contributed by atoms with Gasteiger partial charge in [0.2, 0.25) is 0 Å². The van der Waals surface area contributed by atoms with E-state index >= 15 is 0 Å². The molecule has 0 saturated heterocycles. The molecular formula is C14H20N2O2. The largest absolute Gasteiger partial charge is 0.508 e. The molecule has 1 aromatic rings. The van der Waals surface area contributed by atoms with Gasteiger partial charge in [0.05, 0.1) is 0 Å². The Balaban J connectivity index is 2.04. The van der Waals surface area contributed by atoms with Crippen LogP contribution in [0.15, 0.2) is 18.2 Å². The molecule has 98 valence electrons. The van der Waals surface area contributed by atoms with Crippen LogP contribution in [0.4, 0.5) is 0 Å². The summed E-state index contributed by atoms with van der Waals surface area (Å²) in [5.41, 5.74) is 7.28. The van der Waals surface area contributed by atoms with E-state index in [1.54, 1.807) is 25.1 Å². The van der Waals surface area contributed by atoms with Crippen LogP contribution in [-0.2, 0) is 0 Å². The summed E-state index contributed by atoms with van der Waals surface area (Å²) in [6.07, 6.45) is 4.18. The van der Waals surface area contributed by atoms with Crippen LogP contribution < -0.4 is 11.1 Å². The molecule has 1 aromatic carbocycles. The van der Waals surface area contributed by atoms with E-state index in [9.17, 15) is 9.90 Å². The summed E-state index contributed by atoms with van der Waals surface area (Å²) in [7, 11) is 0. The highest BCUT2D eigenvalue weighted by Gasteiger charge is 2.23. The number of amides is 1. The lowest BCUT2D eigenvalue weighted by molar-refractivity contribution is 0.0921. The van der Waals surface area contributed by atoms with Crippen molar-refractivity contribution in [2.45, 2.75) is 44.7 Å². The molecule has 0 bridgehead atoms. The van der Waals surface area contributed by atoms with Gasteiger partial charge < -0.3 is 16.2 Å². The molecule has 1 aliphatic carbocycles. The second-order valence-corrected chi connectivity index (χ2v) is 5.03. The maximum atomic E-state index is 12.1. The summed E-state index contributed by atoms with van der Waals surface area (Å²) < 4.78 is 0. The smallest absolute Gasteiger partial charge is 0.251 e. The van der Waals surface area contributed by atoms with E-state index in [-0.39, 0.29) is 23.7 Å². The van der Waals surface area contributed by atoms with Crippen molar-refractivity contribution in [2.75, 3.05) is 0 Å². The number of nitrogens with two attached hydrogens (primary N) is 1. The Hall–Kier alpha value is -1.55. The van der Waals surface area contributed by atoms with Gasteiger partial charge in [0, 0.05) is 17.6 Å². The number of carbonyl (C=O) groups is 1. The minimum Gasteiger partial charge on any atom is -0.508 e. The van der Waals surface area contributed by atoms with Crippen molar-refractivity contribution >= 4 is 5.91 Å². The Kier molecular flexibility index (Phi) is 3.87. The maximum Gasteiger partial charge on any atom is 0.251 e. The molecule has 1 aliphatic rings.